The van der Waals surface area contributed by atoms with E-state index < -0.39 is 0 Å². The molecular weight excluding hydrogens is 212 g/mol. The molecule has 0 aromatic heterocycles. The molecule has 94 valence electrons. The molecule has 0 unspecified atom stereocenters. The Labute approximate surface area is 104 Å². The molecule has 1 aromatic carbocycles. The molecule has 1 aliphatic heterocycles. The predicted octanol–water partition coefficient (Wildman–Crippen LogP) is 2.44. The van der Waals surface area contributed by atoms with Gasteiger partial charge in [-0.1, -0.05) is 12.1 Å². The number of para-hydroxylation sites is 1. The minimum atomic E-state index is 0.754. The molecule has 1 aliphatic rings. The molecule has 0 spiro atoms. The van der Waals surface area contributed by atoms with Crippen LogP contribution in [-0.2, 0) is 0 Å². The molecule has 3 heteroatoms. The van der Waals surface area contributed by atoms with Crippen molar-refractivity contribution in [2.24, 2.45) is 0 Å². The SMILES string of the molecule is Cc1cccc(OCCCN2CCCC2)c1N. The quantitative estimate of drug-likeness (QED) is 0.628. The van der Waals surface area contributed by atoms with Gasteiger partial charge in [-0.15, -0.1) is 0 Å². The van der Waals surface area contributed by atoms with Gasteiger partial charge in [0, 0.05) is 6.54 Å². The van der Waals surface area contributed by atoms with Crippen molar-refractivity contribution in [1.29, 1.82) is 0 Å². The maximum Gasteiger partial charge on any atom is 0.142 e. The van der Waals surface area contributed by atoms with Gasteiger partial charge >= 0.3 is 0 Å². The van der Waals surface area contributed by atoms with E-state index in [1.165, 1.54) is 25.9 Å². The number of nitrogen functional groups attached to an aromatic ring is 1. The Morgan fingerprint density at radius 1 is 1.29 bits per heavy atom. The van der Waals surface area contributed by atoms with Crippen LogP contribution in [0.1, 0.15) is 24.8 Å². The Morgan fingerprint density at radius 2 is 2.06 bits per heavy atom. The van der Waals surface area contributed by atoms with Crippen LogP contribution in [0.2, 0.25) is 0 Å². The Bertz CT molecular complexity index is 359. The Balaban J connectivity index is 1.72. The zero-order valence-corrected chi connectivity index (χ0v) is 10.6. The first-order valence-corrected chi connectivity index (χ1v) is 6.47. The summed E-state index contributed by atoms with van der Waals surface area (Å²) in [5.41, 5.74) is 7.81. The molecule has 0 bridgehead atoms. The average Bonchev–Trinajstić information content (AvgIpc) is 2.83. The van der Waals surface area contributed by atoms with Crippen molar-refractivity contribution in [3.8, 4) is 5.75 Å². The molecule has 3 nitrogen and oxygen atoms in total. The number of hydrogen-bond donors (Lipinski definition) is 1. The first kappa shape index (κ1) is 12.2. The molecule has 0 radical (unpaired) electrons. The molecule has 0 aliphatic carbocycles. The van der Waals surface area contributed by atoms with Gasteiger partial charge in [-0.25, -0.2) is 0 Å². The smallest absolute Gasteiger partial charge is 0.142 e. The van der Waals surface area contributed by atoms with E-state index in [9.17, 15) is 0 Å². The summed E-state index contributed by atoms with van der Waals surface area (Å²) < 4.78 is 5.73. The molecule has 1 heterocycles. The molecule has 17 heavy (non-hydrogen) atoms. The molecule has 1 saturated heterocycles. The third-order valence-electron chi connectivity index (χ3n) is 3.36. The zero-order chi connectivity index (χ0) is 12.1. The van der Waals surface area contributed by atoms with Gasteiger partial charge in [0.25, 0.3) is 0 Å². The van der Waals surface area contributed by atoms with Crippen LogP contribution in [0, 0.1) is 6.92 Å². The highest BCUT2D eigenvalue weighted by atomic mass is 16.5. The van der Waals surface area contributed by atoms with Crippen LogP contribution in [0.3, 0.4) is 0 Å². The summed E-state index contributed by atoms with van der Waals surface area (Å²) in [7, 11) is 0. The van der Waals surface area contributed by atoms with Crippen molar-refractivity contribution in [2.75, 3.05) is 32.0 Å². The highest BCUT2D eigenvalue weighted by Gasteiger charge is 2.10. The van der Waals surface area contributed by atoms with E-state index in [4.69, 9.17) is 10.5 Å². The number of nitrogens with two attached hydrogens (primary N) is 1. The first-order valence-electron chi connectivity index (χ1n) is 6.47. The third kappa shape index (κ3) is 3.37. The minimum Gasteiger partial charge on any atom is -0.491 e. The normalized spacial score (nSPS) is 16.3. The summed E-state index contributed by atoms with van der Waals surface area (Å²) >= 11 is 0. The van der Waals surface area contributed by atoms with E-state index in [1.807, 2.05) is 25.1 Å². The maximum atomic E-state index is 5.95. The van der Waals surface area contributed by atoms with Crippen molar-refractivity contribution in [3.63, 3.8) is 0 Å². The van der Waals surface area contributed by atoms with Crippen LogP contribution >= 0.6 is 0 Å². The van der Waals surface area contributed by atoms with Gasteiger partial charge in [-0.05, 0) is 50.9 Å². The minimum absolute atomic E-state index is 0.754. The monoisotopic (exact) mass is 234 g/mol. The van der Waals surface area contributed by atoms with Gasteiger partial charge in [-0.2, -0.15) is 0 Å². The number of ether oxygens (including phenoxy) is 1. The van der Waals surface area contributed by atoms with E-state index in [1.54, 1.807) is 0 Å². The summed E-state index contributed by atoms with van der Waals surface area (Å²) in [6.45, 7) is 6.42. The van der Waals surface area contributed by atoms with Gasteiger partial charge in [-0.3, -0.25) is 0 Å². The number of likely N-dealkylation sites (tertiary alicyclic amines) is 1. The molecule has 2 N–H and O–H groups in total. The van der Waals surface area contributed by atoms with Crippen LogP contribution in [0.4, 0.5) is 5.69 Å². The van der Waals surface area contributed by atoms with Crippen LogP contribution < -0.4 is 10.5 Å². The molecular formula is C14H22N2O. The van der Waals surface area contributed by atoms with Gasteiger partial charge < -0.3 is 15.4 Å². The summed E-state index contributed by atoms with van der Waals surface area (Å²) in [4.78, 5) is 2.50. The summed E-state index contributed by atoms with van der Waals surface area (Å²) in [5.74, 6) is 0.825. The number of rotatable bonds is 5. The van der Waals surface area contributed by atoms with Crippen LogP contribution in [-0.4, -0.2) is 31.1 Å². The first-order chi connectivity index (χ1) is 8.27. The predicted molar refractivity (Wildman–Crippen MR) is 71.4 cm³/mol. The standard InChI is InChI=1S/C14H22N2O/c1-12-6-4-7-13(14(12)15)17-11-5-10-16-8-2-3-9-16/h4,6-7H,2-3,5,8-11,15H2,1H3. The number of anilines is 1. The second-order valence-corrected chi connectivity index (χ2v) is 4.74. The Hall–Kier alpha value is -1.22. The average molecular weight is 234 g/mol. The van der Waals surface area contributed by atoms with E-state index >= 15 is 0 Å². The molecule has 1 aromatic rings. The van der Waals surface area contributed by atoms with Crippen molar-refractivity contribution < 1.29 is 4.74 Å². The van der Waals surface area contributed by atoms with Crippen LogP contribution in [0.15, 0.2) is 18.2 Å². The third-order valence-corrected chi connectivity index (χ3v) is 3.36. The van der Waals surface area contributed by atoms with E-state index in [2.05, 4.69) is 4.90 Å². The van der Waals surface area contributed by atoms with E-state index in [0.29, 0.717) is 0 Å². The Kier molecular flexibility index (Phi) is 4.26. The summed E-state index contributed by atoms with van der Waals surface area (Å²) in [6.07, 6.45) is 3.78. The fraction of sp³-hybridized carbons (Fsp3) is 0.571. The topological polar surface area (TPSA) is 38.5 Å². The fourth-order valence-corrected chi connectivity index (χ4v) is 2.26. The van der Waals surface area contributed by atoms with Gasteiger partial charge in [0.05, 0.1) is 12.3 Å². The lowest BCUT2D eigenvalue weighted by atomic mass is 10.2. The molecule has 1 fully saturated rings. The lowest BCUT2D eigenvalue weighted by Crippen LogP contribution is -2.22. The number of hydrogen-bond acceptors (Lipinski definition) is 3. The number of benzene rings is 1. The van der Waals surface area contributed by atoms with Gasteiger partial charge in [0.2, 0.25) is 0 Å². The second-order valence-electron chi connectivity index (χ2n) is 4.74. The van der Waals surface area contributed by atoms with Crippen molar-refractivity contribution in [3.05, 3.63) is 23.8 Å². The van der Waals surface area contributed by atoms with E-state index in [-0.39, 0.29) is 0 Å². The van der Waals surface area contributed by atoms with Crippen LogP contribution in [0.5, 0.6) is 5.75 Å². The van der Waals surface area contributed by atoms with Gasteiger partial charge in [0.1, 0.15) is 5.75 Å². The highest BCUT2D eigenvalue weighted by molar-refractivity contribution is 5.57. The summed E-state index contributed by atoms with van der Waals surface area (Å²) in [5, 5.41) is 0. The Morgan fingerprint density at radius 3 is 2.82 bits per heavy atom. The molecule has 2 rings (SSSR count). The highest BCUT2D eigenvalue weighted by Crippen LogP contribution is 2.24. The lowest BCUT2D eigenvalue weighted by molar-refractivity contribution is 0.264. The van der Waals surface area contributed by atoms with Crippen molar-refractivity contribution in [2.45, 2.75) is 26.2 Å². The second kappa shape index (κ2) is 5.92. The fourth-order valence-electron chi connectivity index (χ4n) is 2.26. The van der Waals surface area contributed by atoms with Gasteiger partial charge in [0.15, 0.2) is 0 Å². The molecule has 0 saturated carbocycles. The maximum absolute atomic E-state index is 5.95. The lowest BCUT2D eigenvalue weighted by Gasteiger charge is -2.15. The largest absolute Gasteiger partial charge is 0.491 e. The molecule has 0 amide bonds. The number of aryl methyl sites for hydroxylation is 1. The van der Waals surface area contributed by atoms with Crippen molar-refractivity contribution in [1.82, 2.24) is 4.90 Å². The summed E-state index contributed by atoms with van der Waals surface area (Å²) in [6, 6.07) is 5.94. The van der Waals surface area contributed by atoms with E-state index in [0.717, 1.165) is 36.6 Å². The van der Waals surface area contributed by atoms with Crippen LogP contribution in [0.25, 0.3) is 0 Å². The number of nitrogens with zero attached hydrogens (tertiary/aromatic N) is 1. The zero-order valence-electron chi connectivity index (χ0n) is 10.6. The van der Waals surface area contributed by atoms with Crippen molar-refractivity contribution >= 4 is 5.69 Å². The molecule has 0 atom stereocenters.